The van der Waals surface area contributed by atoms with Crippen LogP contribution in [0.15, 0.2) is 54.6 Å². The van der Waals surface area contributed by atoms with E-state index in [0.717, 1.165) is 14.7 Å². The van der Waals surface area contributed by atoms with Gasteiger partial charge in [-0.05, 0) is 46.2 Å². The van der Waals surface area contributed by atoms with Crippen molar-refractivity contribution in [1.29, 1.82) is 0 Å². The highest BCUT2D eigenvalue weighted by molar-refractivity contribution is 14.1. The third-order valence-electron chi connectivity index (χ3n) is 2.85. The molecular weight excluding hydrogens is 339 g/mol. The average molecular weight is 351 g/mol. The number of halogens is 1. The Morgan fingerprint density at radius 2 is 1.67 bits per heavy atom. The van der Waals surface area contributed by atoms with E-state index in [1.165, 1.54) is 0 Å². The van der Waals surface area contributed by atoms with E-state index in [9.17, 15) is 9.90 Å². The van der Waals surface area contributed by atoms with Gasteiger partial charge in [-0.2, -0.15) is 0 Å². The number of carboxylic acids is 1. The van der Waals surface area contributed by atoms with Crippen LogP contribution in [-0.4, -0.2) is 5.97 Å². The molecule has 0 saturated carbocycles. The smallest absolute Gasteiger partial charge is 0.0492 e. The van der Waals surface area contributed by atoms with Crippen LogP contribution in [0, 0.1) is 3.57 Å². The molecule has 1 unspecified atom stereocenters. The van der Waals surface area contributed by atoms with Crippen molar-refractivity contribution in [1.82, 2.24) is 0 Å². The molecule has 2 aromatic carbocycles. The minimum Gasteiger partial charge on any atom is -0.549 e. The van der Waals surface area contributed by atoms with Crippen molar-refractivity contribution in [3.8, 4) is 0 Å². The molecule has 2 rings (SSSR count). The summed E-state index contributed by atoms with van der Waals surface area (Å²) in [7, 11) is 0. The van der Waals surface area contributed by atoms with Gasteiger partial charge in [0.25, 0.3) is 0 Å². The molecule has 0 aromatic heterocycles. The molecule has 18 heavy (non-hydrogen) atoms. The topological polar surface area (TPSA) is 40.1 Å². The molecular formula is C15H12IO2-. The largest absolute Gasteiger partial charge is 0.549 e. The number of carbonyl (C=O) groups excluding carboxylic acids is 1. The Labute approximate surface area is 120 Å². The van der Waals surface area contributed by atoms with Crippen LogP contribution in [0.2, 0.25) is 0 Å². The molecule has 0 fully saturated rings. The lowest BCUT2D eigenvalue weighted by atomic mass is 9.92. The zero-order chi connectivity index (χ0) is 13.0. The van der Waals surface area contributed by atoms with E-state index in [-0.39, 0.29) is 0 Å². The van der Waals surface area contributed by atoms with Crippen molar-refractivity contribution in [2.45, 2.75) is 12.3 Å². The summed E-state index contributed by atoms with van der Waals surface area (Å²) in [5.41, 5.74) is 1.83. The van der Waals surface area contributed by atoms with E-state index in [1.807, 2.05) is 54.6 Å². The van der Waals surface area contributed by atoms with Crippen molar-refractivity contribution in [3.63, 3.8) is 0 Å². The highest BCUT2D eigenvalue weighted by Crippen LogP contribution is 2.25. The Bertz CT molecular complexity index is 537. The summed E-state index contributed by atoms with van der Waals surface area (Å²) in [6, 6.07) is 17.1. The first-order chi connectivity index (χ1) is 8.68. The van der Waals surface area contributed by atoms with Crippen LogP contribution >= 0.6 is 22.6 Å². The second-order valence-electron chi connectivity index (χ2n) is 4.08. The lowest BCUT2D eigenvalue weighted by Crippen LogP contribution is -2.31. The van der Waals surface area contributed by atoms with E-state index in [4.69, 9.17) is 0 Å². The first-order valence-corrected chi connectivity index (χ1v) is 6.75. The maximum atomic E-state index is 11.3. The molecule has 0 saturated heterocycles. The summed E-state index contributed by atoms with van der Waals surface area (Å²) in [6.07, 6.45) is 0.461. The first kappa shape index (κ1) is 13.1. The second-order valence-corrected chi connectivity index (χ2v) is 5.25. The maximum absolute atomic E-state index is 11.3. The standard InChI is InChI=1S/C15H13IO2/c16-14-9-5-4-8-12(14)13(15(17)18)10-11-6-2-1-3-7-11/h1-9,13H,10H2,(H,17,18)/p-1. The normalized spacial score (nSPS) is 12.1. The second kappa shape index (κ2) is 6.00. The van der Waals surface area contributed by atoms with Gasteiger partial charge in [0, 0.05) is 15.5 Å². The third kappa shape index (κ3) is 3.10. The fourth-order valence-corrected chi connectivity index (χ4v) is 2.69. The number of carbonyl (C=O) groups is 1. The molecule has 2 aromatic rings. The van der Waals surface area contributed by atoms with E-state index in [1.54, 1.807) is 0 Å². The molecule has 0 N–H and O–H groups in total. The zero-order valence-electron chi connectivity index (χ0n) is 9.68. The summed E-state index contributed by atoms with van der Waals surface area (Å²) in [5.74, 6) is -1.62. The molecule has 0 radical (unpaired) electrons. The monoisotopic (exact) mass is 351 g/mol. The van der Waals surface area contributed by atoms with Crippen LogP contribution < -0.4 is 5.11 Å². The van der Waals surface area contributed by atoms with Gasteiger partial charge >= 0.3 is 0 Å². The SMILES string of the molecule is O=C([O-])C(Cc1ccccc1)c1ccccc1I. The van der Waals surface area contributed by atoms with Crippen molar-refractivity contribution in [2.75, 3.05) is 0 Å². The minimum absolute atomic E-state index is 0.461. The fourth-order valence-electron chi connectivity index (χ4n) is 1.93. The van der Waals surface area contributed by atoms with Gasteiger partial charge in [0.05, 0.1) is 0 Å². The van der Waals surface area contributed by atoms with Crippen LogP contribution in [0.25, 0.3) is 0 Å². The van der Waals surface area contributed by atoms with Gasteiger partial charge in [-0.1, -0.05) is 48.5 Å². The quantitative estimate of drug-likeness (QED) is 0.794. The van der Waals surface area contributed by atoms with Crippen LogP contribution in [0.4, 0.5) is 0 Å². The van der Waals surface area contributed by atoms with E-state index in [0.29, 0.717) is 6.42 Å². The number of aliphatic carboxylic acids is 1. The summed E-state index contributed by atoms with van der Waals surface area (Å²) in [6.45, 7) is 0. The maximum Gasteiger partial charge on any atom is 0.0492 e. The minimum atomic E-state index is -1.03. The third-order valence-corrected chi connectivity index (χ3v) is 3.83. The van der Waals surface area contributed by atoms with Gasteiger partial charge in [0.15, 0.2) is 0 Å². The van der Waals surface area contributed by atoms with Crippen molar-refractivity contribution >= 4 is 28.6 Å². The highest BCUT2D eigenvalue weighted by Gasteiger charge is 2.15. The van der Waals surface area contributed by atoms with Gasteiger partial charge in [-0.15, -0.1) is 0 Å². The lowest BCUT2D eigenvalue weighted by molar-refractivity contribution is -0.308. The molecule has 92 valence electrons. The summed E-state index contributed by atoms with van der Waals surface area (Å²) in [5, 5.41) is 11.3. The molecule has 0 heterocycles. The van der Waals surface area contributed by atoms with Crippen LogP contribution in [0.1, 0.15) is 17.0 Å². The summed E-state index contributed by atoms with van der Waals surface area (Å²) < 4.78 is 0.959. The molecule has 1 atom stereocenters. The Morgan fingerprint density at radius 3 is 2.28 bits per heavy atom. The Balaban J connectivity index is 2.30. The van der Waals surface area contributed by atoms with Gasteiger partial charge in [0.1, 0.15) is 0 Å². The molecule has 3 heteroatoms. The van der Waals surface area contributed by atoms with Crippen LogP contribution in [0.3, 0.4) is 0 Å². The molecule has 0 bridgehead atoms. The van der Waals surface area contributed by atoms with Crippen LogP contribution in [0.5, 0.6) is 0 Å². The number of carboxylic acid groups (broad SMARTS) is 1. The molecule has 0 aliphatic carbocycles. The summed E-state index contributed by atoms with van der Waals surface area (Å²) in [4.78, 5) is 11.3. The zero-order valence-corrected chi connectivity index (χ0v) is 11.8. The van der Waals surface area contributed by atoms with E-state index >= 15 is 0 Å². The highest BCUT2D eigenvalue weighted by atomic mass is 127. The molecule has 0 aliphatic heterocycles. The summed E-state index contributed by atoms with van der Waals surface area (Å²) >= 11 is 2.16. The lowest BCUT2D eigenvalue weighted by Gasteiger charge is -2.20. The number of hydrogen-bond acceptors (Lipinski definition) is 2. The van der Waals surface area contributed by atoms with Crippen molar-refractivity contribution in [3.05, 3.63) is 69.3 Å². The van der Waals surface area contributed by atoms with Crippen molar-refractivity contribution < 1.29 is 9.90 Å². The fraction of sp³-hybridized carbons (Fsp3) is 0.133. The van der Waals surface area contributed by atoms with E-state index < -0.39 is 11.9 Å². The predicted molar refractivity (Wildman–Crippen MR) is 77.1 cm³/mol. The number of rotatable bonds is 4. The Morgan fingerprint density at radius 1 is 1.06 bits per heavy atom. The van der Waals surface area contributed by atoms with Gasteiger partial charge < -0.3 is 9.90 Å². The molecule has 0 spiro atoms. The van der Waals surface area contributed by atoms with Gasteiger partial charge in [-0.25, -0.2) is 0 Å². The molecule has 0 amide bonds. The van der Waals surface area contributed by atoms with Gasteiger partial charge in [0.2, 0.25) is 0 Å². The number of benzene rings is 2. The predicted octanol–water partition coefficient (Wildman–Crippen LogP) is 2.37. The Hall–Kier alpha value is -1.36. The number of hydrogen-bond donors (Lipinski definition) is 0. The average Bonchev–Trinajstić information content (AvgIpc) is 2.38. The molecule has 0 aliphatic rings. The van der Waals surface area contributed by atoms with Crippen LogP contribution in [-0.2, 0) is 11.2 Å². The van der Waals surface area contributed by atoms with Gasteiger partial charge in [-0.3, -0.25) is 0 Å². The van der Waals surface area contributed by atoms with E-state index in [2.05, 4.69) is 22.6 Å². The molecule has 2 nitrogen and oxygen atoms in total. The Kier molecular flexibility index (Phi) is 4.36. The first-order valence-electron chi connectivity index (χ1n) is 5.67. The van der Waals surface area contributed by atoms with Crippen molar-refractivity contribution in [2.24, 2.45) is 0 Å².